The first-order valence-electron chi connectivity index (χ1n) is 9.12. The fourth-order valence-electron chi connectivity index (χ4n) is 4.39. The van der Waals surface area contributed by atoms with Gasteiger partial charge in [0.05, 0.1) is 17.7 Å². The van der Waals surface area contributed by atoms with Gasteiger partial charge in [0.1, 0.15) is 0 Å². The third kappa shape index (κ3) is 2.13. The number of nitrogens with zero attached hydrogens (tertiary/aromatic N) is 2. The van der Waals surface area contributed by atoms with Gasteiger partial charge < -0.3 is 14.2 Å². The smallest absolute Gasteiger partial charge is 0.298 e. The summed E-state index contributed by atoms with van der Waals surface area (Å²) in [4.78, 5) is 25.5. The highest BCUT2D eigenvalue weighted by molar-refractivity contribution is 6.14. The van der Waals surface area contributed by atoms with Crippen molar-refractivity contribution >= 4 is 39.9 Å². The number of carbonyl (C=O) groups excluding carboxylic acids is 2. The lowest BCUT2D eigenvalue weighted by atomic mass is 9.90. The molecule has 0 aliphatic carbocycles. The normalized spacial score (nSPS) is 12.7. The molecule has 3 aromatic carbocycles. The molecule has 0 saturated carbocycles. The van der Waals surface area contributed by atoms with Crippen LogP contribution in [0.4, 0.5) is 5.69 Å². The predicted molar refractivity (Wildman–Crippen MR) is 109 cm³/mol. The van der Waals surface area contributed by atoms with E-state index in [0.29, 0.717) is 18.8 Å². The summed E-state index contributed by atoms with van der Waals surface area (Å²) >= 11 is 0. The average Bonchev–Trinajstić information content (AvgIpc) is 2.99. The maximum Gasteiger partial charge on any atom is 0.298 e. The van der Waals surface area contributed by atoms with Gasteiger partial charge in [-0.1, -0.05) is 36.4 Å². The molecule has 5 nitrogen and oxygen atoms in total. The number of amides is 1. The molecule has 1 aromatic heterocycles. The van der Waals surface area contributed by atoms with Crippen LogP contribution >= 0.6 is 0 Å². The van der Waals surface area contributed by atoms with Crippen molar-refractivity contribution in [2.75, 3.05) is 4.90 Å². The van der Waals surface area contributed by atoms with Crippen LogP contribution in [0.15, 0.2) is 54.6 Å². The maximum absolute atomic E-state index is 12.3. The summed E-state index contributed by atoms with van der Waals surface area (Å²) in [5.41, 5.74) is 5.50. The zero-order valence-electron chi connectivity index (χ0n) is 15.6. The molecular formula is C23H18N2O3. The topological polar surface area (TPSA) is 51.5 Å². The van der Waals surface area contributed by atoms with Gasteiger partial charge in [-0.25, -0.2) is 0 Å². The molecule has 1 amide bonds. The Morgan fingerprint density at radius 3 is 2.61 bits per heavy atom. The van der Waals surface area contributed by atoms with Crippen molar-refractivity contribution in [3.63, 3.8) is 0 Å². The summed E-state index contributed by atoms with van der Waals surface area (Å²) < 4.78 is 7.63. The van der Waals surface area contributed by atoms with Crippen LogP contribution < -0.4 is 9.64 Å². The lowest BCUT2D eigenvalue weighted by Gasteiger charge is -2.31. The zero-order chi connectivity index (χ0) is 19.4. The van der Waals surface area contributed by atoms with Gasteiger partial charge in [0, 0.05) is 41.4 Å². The average molecular weight is 370 g/mol. The summed E-state index contributed by atoms with van der Waals surface area (Å²) in [6.45, 7) is 2.49. The monoisotopic (exact) mass is 370 g/mol. The lowest BCUT2D eigenvalue weighted by molar-refractivity contribution is -0.120. The Hall–Kier alpha value is -3.60. The van der Waals surface area contributed by atoms with Gasteiger partial charge in [0.2, 0.25) is 5.91 Å². The molecular weight excluding hydrogens is 352 g/mol. The third-order valence-electron chi connectivity index (χ3n) is 5.57. The van der Waals surface area contributed by atoms with Crippen LogP contribution in [-0.4, -0.2) is 16.9 Å². The van der Waals surface area contributed by atoms with Gasteiger partial charge >= 0.3 is 0 Å². The number of benzene rings is 3. The molecule has 0 unspecified atom stereocenters. The number of aromatic nitrogens is 1. The van der Waals surface area contributed by atoms with Gasteiger partial charge in [-0.15, -0.1) is 0 Å². The minimum Gasteiger partial charge on any atom is -0.426 e. The van der Waals surface area contributed by atoms with E-state index in [4.69, 9.17) is 4.74 Å². The van der Waals surface area contributed by atoms with E-state index in [-0.39, 0.29) is 5.91 Å². The second-order valence-electron chi connectivity index (χ2n) is 7.05. The van der Waals surface area contributed by atoms with E-state index in [0.717, 1.165) is 44.2 Å². The Kier molecular flexibility index (Phi) is 3.52. The van der Waals surface area contributed by atoms with Gasteiger partial charge in [-0.2, -0.15) is 0 Å². The number of hydrogen-bond acceptors (Lipinski definition) is 3. The van der Waals surface area contributed by atoms with Gasteiger partial charge in [0.15, 0.2) is 5.75 Å². The van der Waals surface area contributed by atoms with Crippen molar-refractivity contribution in [3.8, 4) is 16.9 Å². The fraction of sp³-hybridized carbons (Fsp3) is 0.130. The molecule has 0 atom stereocenters. The highest BCUT2D eigenvalue weighted by atomic mass is 16.5. The Morgan fingerprint density at radius 2 is 1.82 bits per heavy atom. The summed E-state index contributed by atoms with van der Waals surface area (Å²) in [6.07, 6.45) is 0. The Balaban J connectivity index is 1.96. The van der Waals surface area contributed by atoms with Crippen LogP contribution in [0.3, 0.4) is 0 Å². The molecule has 0 saturated heterocycles. The molecule has 5 rings (SSSR count). The summed E-state index contributed by atoms with van der Waals surface area (Å²) in [5, 5.41) is 2.10. The first-order valence-corrected chi connectivity index (χ1v) is 9.12. The van der Waals surface area contributed by atoms with Crippen LogP contribution in [0, 0.1) is 0 Å². The Bertz CT molecular complexity index is 1290. The molecule has 0 fully saturated rings. The van der Waals surface area contributed by atoms with Crippen molar-refractivity contribution in [1.82, 2.24) is 4.57 Å². The third-order valence-corrected chi connectivity index (χ3v) is 5.57. The fourth-order valence-corrected chi connectivity index (χ4v) is 4.39. The standard InChI is InChI=1S/C23H18N2O3/c1-14(27)25-12-15-11-18-16-7-3-5-9-19(16)24(2)22(18)23(28-13-26)21(15)17-8-4-6-10-20(17)25/h3-11,13H,12H2,1-2H3. The molecule has 0 N–H and O–H groups in total. The van der Waals surface area contributed by atoms with E-state index in [1.54, 1.807) is 11.8 Å². The number of carbonyl (C=O) groups is 2. The molecule has 1 aliphatic rings. The van der Waals surface area contributed by atoms with Crippen LogP contribution in [0.25, 0.3) is 32.9 Å². The van der Waals surface area contributed by atoms with Gasteiger partial charge in [0.25, 0.3) is 6.47 Å². The van der Waals surface area contributed by atoms with Crippen molar-refractivity contribution in [2.24, 2.45) is 7.05 Å². The SMILES string of the molecule is CC(=O)N1Cc2cc3c4ccccc4n(C)c3c(OC=O)c2-c2ccccc21. The van der Waals surface area contributed by atoms with E-state index in [2.05, 4.69) is 22.8 Å². The highest BCUT2D eigenvalue weighted by Crippen LogP contribution is 2.48. The summed E-state index contributed by atoms with van der Waals surface area (Å²) in [5.74, 6) is 0.519. The molecule has 5 heteroatoms. The zero-order valence-corrected chi connectivity index (χ0v) is 15.6. The molecule has 0 bridgehead atoms. The highest BCUT2D eigenvalue weighted by Gasteiger charge is 2.30. The second-order valence-corrected chi connectivity index (χ2v) is 7.05. The Morgan fingerprint density at radius 1 is 1.07 bits per heavy atom. The molecule has 4 aromatic rings. The molecule has 0 spiro atoms. The van der Waals surface area contributed by atoms with E-state index < -0.39 is 0 Å². The number of para-hydroxylation sites is 2. The van der Waals surface area contributed by atoms with Gasteiger partial charge in [-0.3, -0.25) is 9.59 Å². The van der Waals surface area contributed by atoms with E-state index in [1.165, 1.54) is 0 Å². The largest absolute Gasteiger partial charge is 0.426 e. The predicted octanol–water partition coefficient (Wildman–Crippen LogP) is 4.40. The van der Waals surface area contributed by atoms with Crippen LogP contribution in [-0.2, 0) is 23.2 Å². The molecule has 138 valence electrons. The van der Waals surface area contributed by atoms with E-state index in [1.807, 2.05) is 43.4 Å². The van der Waals surface area contributed by atoms with Crippen LogP contribution in [0.5, 0.6) is 5.75 Å². The number of aryl methyl sites for hydroxylation is 1. The minimum absolute atomic E-state index is 0.0195. The number of hydrogen-bond donors (Lipinski definition) is 0. The van der Waals surface area contributed by atoms with Gasteiger partial charge in [-0.05, 0) is 23.8 Å². The summed E-state index contributed by atoms with van der Waals surface area (Å²) in [6, 6.07) is 18.0. The number of fused-ring (bicyclic) bond motifs is 6. The molecule has 28 heavy (non-hydrogen) atoms. The first kappa shape index (κ1) is 16.6. The quantitative estimate of drug-likeness (QED) is 0.492. The van der Waals surface area contributed by atoms with Crippen LogP contribution in [0.1, 0.15) is 12.5 Å². The maximum atomic E-state index is 12.3. The molecule has 0 radical (unpaired) electrons. The lowest BCUT2D eigenvalue weighted by Crippen LogP contribution is -2.31. The number of rotatable bonds is 2. The number of anilines is 1. The van der Waals surface area contributed by atoms with Crippen molar-refractivity contribution < 1.29 is 14.3 Å². The van der Waals surface area contributed by atoms with E-state index >= 15 is 0 Å². The number of ether oxygens (including phenoxy) is 1. The Labute approximate surface area is 161 Å². The molecule has 1 aliphatic heterocycles. The van der Waals surface area contributed by atoms with Crippen molar-refractivity contribution in [2.45, 2.75) is 13.5 Å². The van der Waals surface area contributed by atoms with E-state index in [9.17, 15) is 9.59 Å². The second kappa shape index (κ2) is 5.96. The minimum atomic E-state index is -0.0195. The molecule has 2 heterocycles. The summed E-state index contributed by atoms with van der Waals surface area (Å²) in [7, 11) is 1.98. The van der Waals surface area contributed by atoms with Crippen LogP contribution in [0.2, 0.25) is 0 Å². The van der Waals surface area contributed by atoms with Crippen molar-refractivity contribution in [3.05, 3.63) is 60.2 Å². The first-order chi connectivity index (χ1) is 13.6. The van der Waals surface area contributed by atoms with Crippen molar-refractivity contribution in [1.29, 1.82) is 0 Å².